The van der Waals surface area contributed by atoms with Crippen molar-refractivity contribution >= 4 is 17.5 Å². The summed E-state index contributed by atoms with van der Waals surface area (Å²) in [7, 11) is 0. The van der Waals surface area contributed by atoms with E-state index in [1.165, 1.54) is 25.9 Å². The molecule has 2 aliphatic rings. The normalized spacial score (nSPS) is 24.8. The van der Waals surface area contributed by atoms with Crippen LogP contribution in [0.3, 0.4) is 0 Å². The third-order valence-corrected chi connectivity index (χ3v) is 6.15. The molecule has 2 atom stereocenters. The van der Waals surface area contributed by atoms with Gasteiger partial charge in [-0.2, -0.15) is 0 Å². The van der Waals surface area contributed by atoms with E-state index in [4.69, 9.17) is 11.6 Å². The van der Waals surface area contributed by atoms with Gasteiger partial charge in [0.1, 0.15) is 0 Å². The highest BCUT2D eigenvalue weighted by molar-refractivity contribution is 6.30. The molecule has 1 aromatic rings. The second-order valence-electron chi connectivity index (χ2n) is 8.55. The van der Waals surface area contributed by atoms with Crippen LogP contribution in [0.1, 0.15) is 45.6 Å². The zero-order valence-corrected chi connectivity index (χ0v) is 18.2. The smallest absolute Gasteiger partial charge is 0.237 e. The molecule has 2 aliphatic heterocycles. The summed E-state index contributed by atoms with van der Waals surface area (Å²) < 4.78 is 0. The van der Waals surface area contributed by atoms with Gasteiger partial charge in [0.2, 0.25) is 5.91 Å². The third-order valence-electron chi connectivity index (χ3n) is 5.92. The molecular formula is C22H35ClN4O. The molecule has 3 rings (SSSR count). The van der Waals surface area contributed by atoms with Crippen LogP contribution < -0.4 is 10.6 Å². The standard InChI is InChI=1S/C22H35ClN4O/c1-4-26-10-8-19(9-11-26)25-20-13-21(22(28)24-16(2)3)27(15-20)14-17-6-5-7-18(23)12-17/h5-7,12,16,19-21,25H,4,8-11,13-15H2,1-3H3,(H,24,28)/t20-,21+/m1/s1. The van der Waals surface area contributed by atoms with Crippen molar-refractivity contribution in [1.82, 2.24) is 20.4 Å². The van der Waals surface area contributed by atoms with E-state index in [0.717, 1.165) is 36.6 Å². The maximum atomic E-state index is 12.8. The highest BCUT2D eigenvalue weighted by Crippen LogP contribution is 2.24. The van der Waals surface area contributed by atoms with Crippen molar-refractivity contribution in [3.63, 3.8) is 0 Å². The number of piperidine rings is 1. The number of nitrogens with one attached hydrogen (secondary N) is 2. The van der Waals surface area contributed by atoms with E-state index >= 15 is 0 Å². The third kappa shape index (κ3) is 5.93. The number of hydrogen-bond acceptors (Lipinski definition) is 4. The molecule has 0 radical (unpaired) electrons. The quantitative estimate of drug-likeness (QED) is 0.731. The lowest BCUT2D eigenvalue weighted by Crippen LogP contribution is -2.46. The Balaban J connectivity index is 1.63. The summed E-state index contributed by atoms with van der Waals surface area (Å²) in [6.07, 6.45) is 3.26. The first-order valence-corrected chi connectivity index (χ1v) is 11.1. The molecule has 0 bridgehead atoms. The van der Waals surface area contributed by atoms with Crippen LogP contribution in [-0.4, -0.2) is 66.1 Å². The SMILES string of the molecule is CCN1CCC(N[C@@H]2C[C@@H](C(=O)NC(C)C)N(Cc3cccc(Cl)c3)C2)CC1. The van der Waals surface area contributed by atoms with Gasteiger partial charge in [0.05, 0.1) is 6.04 Å². The maximum absolute atomic E-state index is 12.8. The van der Waals surface area contributed by atoms with Crippen LogP contribution in [0.4, 0.5) is 0 Å². The number of halogens is 1. The van der Waals surface area contributed by atoms with Gasteiger partial charge in [0, 0.05) is 36.2 Å². The van der Waals surface area contributed by atoms with E-state index in [1.54, 1.807) is 0 Å². The Morgan fingerprint density at radius 2 is 2.00 bits per heavy atom. The lowest BCUT2D eigenvalue weighted by molar-refractivity contribution is -0.126. The summed E-state index contributed by atoms with van der Waals surface area (Å²) in [5, 5.41) is 7.71. The highest BCUT2D eigenvalue weighted by Gasteiger charge is 2.37. The number of rotatable bonds is 7. The van der Waals surface area contributed by atoms with Crippen molar-refractivity contribution in [2.75, 3.05) is 26.2 Å². The minimum absolute atomic E-state index is 0.0883. The van der Waals surface area contributed by atoms with E-state index in [9.17, 15) is 4.79 Å². The van der Waals surface area contributed by atoms with Crippen LogP contribution in [0.15, 0.2) is 24.3 Å². The van der Waals surface area contributed by atoms with Crippen molar-refractivity contribution < 1.29 is 4.79 Å². The van der Waals surface area contributed by atoms with Gasteiger partial charge < -0.3 is 15.5 Å². The summed E-state index contributed by atoms with van der Waals surface area (Å²) in [5.74, 6) is 0.141. The zero-order chi connectivity index (χ0) is 20.1. The highest BCUT2D eigenvalue weighted by atomic mass is 35.5. The van der Waals surface area contributed by atoms with Crippen LogP contribution in [0.2, 0.25) is 5.02 Å². The second-order valence-corrected chi connectivity index (χ2v) is 8.98. The van der Waals surface area contributed by atoms with E-state index in [0.29, 0.717) is 12.1 Å². The number of carbonyl (C=O) groups is 1. The van der Waals surface area contributed by atoms with Gasteiger partial charge >= 0.3 is 0 Å². The molecule has 2 N–H and O–H groups in total. The zero-order valence-electron chi connectivity index (χ0n) is 17.5. The monoisotopic (exact) mass is 406 g/mol. The number of amides is 1. The predicted octanol–water partition coefficient (Wildman–Crippen LogP) is 2.88. The Hall–Kier alpha value is -1.14. The molecular weight excluding hydrogens is 372 g/mol. The van der Waals surface area contributed by atoms with Crippen LogP contribution in [0, 0.1) is 0 Å². The molecule has 156 valence electrons. The van der Waals surface area contributed by atoms with Crippen molar-refractivity contribution in [2.24, 2.45) is 0 Å². The molecule has 6 heteroatoms. The molecule has 1 amide bonds. The van der Waals surface area contributed by atoms with Crippen molar-refractivity contribution in [1.29, 1.82) is 0 Å². The second kappa shape index (κ2) is 10.1. The number of likely N-dealkylation sites (tertiary alicyclic amines) is 2. The van der Waals surface area contributed by atoms with Gasteiger partial charge in [-0.15, -0.1) is 0 Å². The first kappa shape index (κ1) is 21.6. The number of benzene rings is 1. The Morgan fingerprint density at radius 1 is 1.25 bits per heavy atom. The first-order chi connectivity index (χ1) is 13.4. The largest absolute Gasteiger partial charge is 0.353 e. The maximum Gasteiger partial charge on any atom is 0.237 e. The lowest BCUT2D eigenvalue weighted by atomic mass is 10.0. The Kier molecular flexibility index (Phi) is 7.75. The molecule has 1 aromatic carbocycles. The summed E-state index contributed by atoms with van der Waals surface area (Å²) in [5.41, 5.74) is 1.16. The topological polar surface area (TPSA) is 47.6 Å². The van der Waals surface area contributed by atoms with Gasteiger partial charge in [-0.3, -0.25) is 9.69 Å². The molecule has 0 saturated carbocycles. The number of nitrogens with zero attached hydrogens (tertiary/aromatic N) is 2. The van der Waals surface area contributed by atoms with Crippen LogP contribution in [-0.2, 0) is 11.3 Å². The Bertz CT molecular complexity index is 645. The summed E-state index contributed by atoms with van der Waals surface area (Å²) >= 11 is 6.17. The Morgan fingerprint density at radius 3 is 2.64 bits per heavy atom. The van der Waals surface area contributed by atoms with Gasteiger partial charge in [-0.05, 0) is 70.4 Å². The van der Waals surface area contributed by atoms with Crippen molar-refractivity contribution in [2.45, 2.75) is 70.7 Å². The number of carbonyl (C=O) groups excluding carboxylic acids is 1. The molecule has 0 aromatic heterocycles. The average molecular weight is 407 g/mol. The van der Waals surface area contributed by atoms with Crippen molar-refractivity contribution in [3.8, 4) is 0 Å². The molecule has 2 heterocycles. The van der Waals surface area contributed by atoms with E-state index < -0.39 is 0 Å². The fourth-order valence-electron chi connectivity index (χ4n) is 4.47. The average Bonchev–Trinajstić information content (AvgIpc) is 3.04. The summed E-state index contributed by atoms with van der Waals surface area (Å²) in [4.78, 5) is 17.6. The molecule has 2 saturated heterocycles. The first-order valence-electron chi connectivity index (χ1n) is 10.7. The van der Waals surface area contributed by atoms with Gasteiger partial charge in [0.25, 0.3) is 0 Å². The molecule has 0 spiro atoms. The fraction of sp³-hybridized carbons (Fsp3) is 0.682. The van der Waals surface area contributed by atoms with Gasteiger partial charge in [-0.1, -0.05) is 30.7 Å². The lowest BCUT2D eigenvalue weighted by Gasteiger charge is -2.33. The summed E-state index contributed by atoms with van der Waals surface area (Å²) in [6.45, 7) is 11.4. The van der Waals surface area contributed by atoms with E-state index in [-0.39, 0.29) is 18.0 Å². The molecule has 0 unspecified atom stereocenters. The fourth-order valence-corrected chi connectivity index (χ4v) is 4.68. The molecule has 0 aliphatic carbocycles. The molecule has 2 fully saturated rings. The van der Waals surface area contributed by atoms with Crippen molar-refractivity contribution in [3.05, 3.63) is 34.9 Å². The predicted molar refractivity (Wildman–Crippen MR) is 116 cm³/mol. The number of hydrogen-bond donors (Lipinski definition) is 2. The van der Waals surface area contributed by atoms with Crippen LogP contribution >= 0.6 is 11.6 Å². The minimum Gasteiger partial charge on any atom is -0.353 e. The molecule has 28 heavy (non-hydrogen) atoms. The minimum atomic E-state index is -0.0883. The van der Waals surface area contributed by atoms with Gasteiger partial charge in [-0.25, -0.2) is 0 Å². The summed E-state index contributed by atoms with van der Waals surface area (Å²) in [6, 6.07) is 8.96. The van der Waals surface area contributed by atoms with E-state index in [1.807, 2.05) is 32.0 Å². The molecule has 5 nitrogen and oxygen atoms in total. The Labute approximate surface area is 174 Å². The van der Waals surface area contributed by atoms with Crippen LogP contribution in [0.25, 0.3) is 0 Å². The van der Waals surface area contributed by atoms with E-state index in [2.05, 4.69) is 33.4 Å². The van der Waals surface area contributed by atoms with Crippen LogP contribution in [0.5, 0.6) is 0 Å². The van der Waals surface area contributed by atoms with Gasteiger partial charge in [0.15, 0.2) is 0 Å².